The number of rotatable bonds is 6. The molecule has 1 aromatic rings. The van der Waals surface area contributed by atoms with E-state index >= 15 is 0 Å². The van der Waals surface area contributed by atoms with Crippen molar-refractivity contribution < 1.29 is 5.11 Å². The third kappa shape index (κ3) is 4.36. The maximum atomic E-state index is 11.6. The lowest BCUT2D eigenvalue weighted by Crippen LogP contribution is -2.41. The Balaban J connectivity index is 1.83. The van der Waals surface area contributed by atoms with Crippen LogP contribution < -0.4 is 11.0 Å². The lowest BCUT2D eigenvalue weighted by atomic mass is 10.1. The van der Waals surface area contributed by atoms with E-state index in [1.165, 1.54) is 11.8 Å². The van der Waals surface area contributed by atoms with E-state index in [9.17, 15) is 9.90 Å². The molecule has 0 bridgehead atoms. The van der Waals surface area contributed by atoms with Crippen LogP contribution in [0, 0.1) is 0 Å². The smallest absolute Gasteiger partial charge is 0.344 e. The molecule has 108 valence electrons. The first-order valence-corrected chi connectivity index (χ1v) is 7.58. The summed E-state index contributed by atoms with van der Waals surface area (Å²) in [6.45, 7) is 6.72. The average Bonchev–Trinajstić information content (AvgIpc) is 3.08. The van der Waals surface area contributed by atoms with Crippen molar-refractivity contribution >= 4 is 11.8 Å². The first kappa shape index (κ1) is 14.6. The summed E-state index contributed by atoms with van der Waals surface area (Å²) in [5.74, 6) is 0.528. The number of H-pyrrole nitrogens is 1. The number of aliphatic hydroxyl groups is 1. The minimum Gasteiger partial charge on any atom is -0.391 e. The number of nitrogens with one attached hydrogen (secondary N) is 2. The van der Waals surface area contributed by atoms with Gasteiger partial charge in [-0.3, -0.25) is 4.57 Å². The Morgan fingerprint density at radius 3 is 2.84 bits per heavy atom. The van der Waals surface area contributed by atoms with Crippen LogP contribution in [0.5, 0.6) is 0 Å². The molecule has 0 aromatic carbocycles. The normalized spacial score (nSPS) is 17.7. The first-order valence-electron chi connectivity index (χ1n) is 6.59. The molecular formula is C12H22N4O2S. The second-order valence-electron chi connectivity index (χ2n) is 6.01. The Kier molecular flexibility index (Phi) is 4.37. The molecule has 1 aliphatic rings. The van der Waals surface area contributed by atoms with Gasteiger partial charge in [0, 0.05) is 23.9 Å². The zero-order chi connectivity index (χ0) is 14.0. The average molecular weight is 286 g/mol. The van der Waals surface area contributed by atoms with Crippen LogP contribution >= 0.6 is 11.8 Å². The van der Waals surface area contributed by atoms with E-state index in [1.54, 1.807) is 4.57 Å². The summed E-state index contributed by atoms with van der Waals surface area (Å²) >= 11 is 1.43. The van der Waals surface area contributed by atoms with E-state index in [0.29, 0.717) is 23.5 Å². The van der Waals surface area contributed by atoms with Gasteiger partial charge in [0.05, 0.1) is 6.10 Å². The monoisotopic (exact) mass is 286 g/mol. The van der Waals surface area contributed by atoms with E-state index in [4.69, 9.17) is 0 Å². The number of β-amino-alcohol motifs (C(OH)–C–C–N with tert-alkyl or cyclic N) is 1. The minimum atomic E-state index is -0.455. The number of hydrogen-bond acceptors (Lipinski definition) is 5. The summed E-state index contributed by atoms with van der Waals surface area (Å²) in [4.78, 5) is 11.6. The molecule has 0 radical (unpaired) electrons. The fourth-order valence-corrected chi connectivity index (χ4v) is 2.64. The molecule has 6 nitrogen and oxygen atoms in total. The zero-order valence-electron chi connectivity index (χ0n) is 11.6. The molecule has 1 unspecified atom stereocenters. The van der Waals surface area contributed by atoms with Crippen LogP contribution in [0.15, 0.2) is 9.95 Å². The Morgan fingerprint density at radius 2 is 2.26 bits per heavy atom. The van der Waals surface area contributed by atoms with Gasteiger partial charge in [0.1, 0.15) is 0 Å². The van der Waals surface area contributed by atoms with Gasteiger partial charge in [-0.25, -0.2) is 9.89 Å². The van der Waals surface area contributed by atoms with Crippen LogP contribution in [-0.4, -0.2) is 43.8 Å². The molecule has 1 aromatic heterocycles. The highest BCUT2D eigenvalue weighted by Gasteiger charge is 2.28. The number of hydrogen-bond donors (Lipinski definition) is 3. The van der Waals surface area contributed by atoms with Crippen molar-refractivity contribution in [2.45, 2.75) is 56.5 Å². The van der Waals surface area contributed by atoms with Gasteiger partial charge >= 0.3 is 5.69 Å². The van der Waals surface area contributed by atoms with Crippen molar-refractivity contribution in [3.63, 3.8) is 0 Å². The molecule has 19 heavy (non-hydrogen) atoms. The number of aromatic amines is 1. The summed E-state index contributed by atoms with van der Waals surface area (Å²) < 4.78 is 1.70. The van der Waals surface area contributed by atoms with Crippen LogP contribution in [0.4, 0.5) is 0 Å². The van der Waals surface area contributed by atoms with Crippen molar-refractivity contribution in [2.75, 3.05) is 12.3 Å². The van der Waals surface area contributed by atoms with Crippen molar-refractivity contribution in [1.82, 2.24) is 20.1 Å². The summed E-state index contributed by atoms with van der Waals surface area (Å²) in [5.41, 5.74) is -0.152. The molecule has 3 N–H and O–H groups in total. The summed E-state index contributed by atoms with van der Waals surface area (Å²) in [5, 5.41) is 20.3. The highest BCUT2D eigenvalue weighted by molar-refractivity contribution is 7.99. The SMILES string of the molecule is CC(C)(C)NCC(O)CSc1n[nH]c(=O)n1C1CC1. The zero-order valence-corrected chi connectivity index (χ0v) is 12.5. The molecule has 7 heteroatoms. The van der Waals surface area contributed by atoms with Crippen molar-refractivity contribution in [3.8, 4) is 0 Å². The van der Waals surface area contributed by atoms with Gasteiger partial charge in [-0.15, -0.1) is 5.10 Å². The number of aliphatic hydroxyl groups excluding tert-OH is 1. The highest BCUT2D eigenvalue weighted by atomic mass is 32.2. The molecular weight excluding hydrogens is 264 g/mol. The maximum absolute atomic E-state index is 11.6. The topological polar surface area (TPSA) is 82.9 Å². The largest absolute Gasteiger partial charge is 0.391 e. The third-order valence-corrected chi connectivity index (χ3v) is 3.95. The van der Waals surface area contributed by atoms with E-state index in [2.05, 4.69) is 36.3 Å². The van der Waals surface area contributed by atoms with Gasteiger partial charge in [0.25, 0.3) is 0 Å². The summed E-state index contributed by atoms with van der Waals surface area (Å²) in [6, 6.07) is 0.304. The maximum Gasteiger partial charge on any atom is 0.344 e. The number of aromatic nitrogens is 3. The molecule has 1 atom stereocenters. The van der Waals surface area contributed by atoms with E-state index in [-0.39, 0.29) is 11.2 Å². The molecule has 1 saturated carbocycles. The lowest BCUT2D eigenvalue weighted by Gasteiger charge is -2.22. The standard InChI is InChI=1S/C12H22N4O2S/c1-12(2,3)13-6-9(17)7-19-11-15-14-10(18)16(11)8-4-5-8/h8-9,13,17H,4-7H2,1-3H3,(H,14,18). The molecule has 1 fully saturated rings. The van der Waals surface area contributed by atoms with Gasteiger partial charge in [-0.2, -0.15) is 0 Å². The second-order valence-corrected chi connectivity index (χ2v) is 7.00. The number of nitrogens with zero attached hydrogens (tertiary/aromatic N) is 2. The third-order valence-electron chi connectivity index (χ3n) is 2.86. The molecule has 0 saturated heterocycles. The van der Waals surface area contributed by atoms with Crippen molar-refractivity contribution in [1.29, 1.82) is 0 Å². The van der Waals surface area contributed by atoms with Crippen LogP contribution in [0.25, 0.3) is 0 Å². The van der Waals surface area contributed by atoms with E-state index < -0.39 is 6.10 Å². The van der Waals surface area contributed by atoms with Crippen LogP contribution in [-0.2, 0) is 0 Å². The summed E-state index contributed by atoms with van der Waals surface area (Å²) in [7, 11) is 0. The van der Waals surface area contributed by atoms with Gasteiger partial charge in [-0.05, 0) is 33.6 Å². The Hall–Kier alpha value is -0.790. The van der Waals surface area contributed by atoms with Crippen molar-refractivity contribution in [3.05, 3.63) is 10.5 Å². The molecule has 0 aliphatic heterocycles. The van der Waals surface area contributed by atoms with E-state index in [0.717, 1.165) is 12.8 Å². The Bertz CT molecular complexity index is 473. The molecule has 0 amide bonds. The second kappa shape index (κ2) is 5.68. The van der Waals surface area contributed by atoms with Crippen molar-refractivity contribution in [2.24, 2.45) is 0 Å². The Labute approximate surface area is 117 Å². The molecule has 1 aliphatic carbocycles. The number of thioether (sulfide) groups is 1. The summed E-state index contributed by atoms with van der Waals surface area (Å²) in [6.07, 6.45) is 1.63. The minimum absolute atomic E-state index is 0.00586. The predicted molar refractivity (Wildman–Crippen MR) is 75.6 cm³/mol. The van der Waals surface area contributed by atoms with Crippen LogP contribution in [0.1, 0.15) is 39.7 Å². The fraction of sp³-hybridized carbons (Fsp3) is 0.833. The molecule has 1 heterocycles. The van der Waals surface area contributed by atoms with Crippen LogP contribution in [0.3, 0.4) is 0 Å². The van der Waals surface area contributed by atoms with Crippen LogP contribution in [0.2, 0.25) is 0 Å². The fourth-order valence-electron chi connectivity index (χ4n) is 1.70. The van der Waals surface area contributed by atoms with E-state index in [1.807, 2.05) is 0 Å². The Morgan fingerprint density at radius 1 is 1.58 bits per heavy atom. The lowest BCUT2D eigenvalue weighted by molar-refractivity contribution is 0.183. The first-order chi connectivity index (χ1) is 8.87. The highest BCUT2D eigenvalue weighted by Crippen LogP contribution is 2.36. The molecule has 2 rings (SSSR count). The van der Waals surface area contributed by atoms with Gasteiger partial charge in [0.2, 0.25) is 0 Å². The molecule has 0 spiro atoms. The van der Waals surface area contributed by atoms with Gasteiger partial charge in [-0.1, -0.05) is 11.8 Å². The predicted octanol–water partition coefficient (Wildman–Crippen LogP) is 0.747. The van der Waals surface area contributed by atoms with Gasteiger partial charge in [0.15, 0.2) is 5.16 Å². The van der Waals surface area contributed by atoms with Gasteiger partial charge < -0.3 is 10.4 Å². The quantitative estimate of drug-likeness (QED) is 0.672.